The largest absolute Gasteiger partial charge is 0.494 e. The van der Waals surface area contributed by atoms with E-state index in [0.29, 0.717) is 0 Å². The predicted octanol–water partition coefficient (Wildman–Crippen LogP) is 6.28. The molecule has 0 unspecified atom stereocenters. The van der Waals surface area contributed by atoms with Crippen LogP contribution in [0.15, 0.2) is 29.2 Å². The van der Waals surface area contributed by atoms with Gasteiger partial charge in [-0.05, 0) is 24.6 Å². The minimum Gasteiger partial charge on any atom is -0.494 e. The summed E-state index contributed by atoms with van der Waals surface area (Å²) < 4.78 is 5.71. The second-order valence-corrected chi connectivity index (χ2v) is 6.04. The molecule has 0 aliphatic carbocycles. The van der Waals surface area contributed by atoms with Gasteiger partial charge in [0.15, 0.2) is 0 Å². The second-order valence-electron chi connectivity index (χ2n) is 5.53. The van der Waals surface area contributed by atoms with Crippen LogP contribution in [0.4, 0.5) is 0 Å². The highest BCUT2D eigenvalue weighted by Gasteiger charge is 1.95. The summed E-state index contributed by atoms with van der Waals surface area (Å²) in [5.41, 5.74) is 0. The molecule has 0 atom stereocenters. The average Bonchev–Trinajstić information content (AvgIpc) is 2.45. The maximum Gasteiger partial charge on any atom is 0.120 e. The van der Waals surface area contributed by atoms with E-state index < -0.39 is 0 Å². The molecule has 20 heavy (non-hydrogen) atoms. The van der Waals surface area contributed by atoms with E-state index in [-0.39, 0.29) is 0 Å². The normalized spacial score (nSPS) is 10.7. The van der Waals surface area contributed by atoms with Gasteiger partial charge in [0.05, 0.1) is 6.61 Å². The number of thiol groups is 1. The maximum atomic E-state index is 5.71. The highest BCUT2D eigenvalue weighted by atomic mass is 32.1. The Morgan fingerprint density at radius 1 is 0.850 bits per heavy atom. The zero-order valence-electron chi connectivity index (χ0n) is 12.9. The molecule has 0 amide bonds. The number of ether oxygens (including phenoxy) is 1. The van der Waals surface area contributed by atoms with Gasteiger partial charge in [0.1, 0.15) is 5.75 Å². The molecule has 1 rings (SSSR count). The molecule has 0 aliphatic heterocycles. The predicted molar refractivity (Wildman–Crippen MR) is 91.0 cm³/mol. The van der Waals surface area contributed by atoms with Gasteiger partial charge in [0.2, 0.25) is 0 Å². The van der Waals surface area contributed by atoms with Crippen LogP contribution in [0.5, 0.6) is 5.75 Å². The van der Waals surface area contributed by atoms with Gasteiger partial charge in [-0.15, -0.1) is 12.6 Å². The molecule has 2 heteroatoms. The molecule has 0 bridgehead atoms. The first-order valence-electron chi connectivity index (χ1n) is 8.24. The van der Waals surface area contributed by atoms with E-state index in [9.17, 15) is 0 Å². The Morgan fingerprint density at radius 2 is 1.45 bits per heavy atom. The Labute approximate surface area is 130 Å². The zero-order valence-corrected chi connectivity index (χ0v) is 13.8. The third kappa shape index (κ3) is 9.30. The molecule has 1 nitrogen and oxygen atoms in total. The van der Waals surface area contributed by atoms with E-state index >= 15 is 0 Å². The van der Waals surface area contributed by atoms with E-state index in [4.69, 9.17) is 4.74 Å². The molecule has 0 aromatic heterocycles. The van der Waals surface area contributed by atoms with E-state index in [1.165, 1.54) is 57.8 Å². The van der Waals surface area contributed by atoms with Gasteiger partial charge in [-0.2, -0.15) is 0 Å². The summed E-state index contributed by atoms with van der Waals surface area (Å²) in [5.74, 6) is 0.938. The number of hydrogen-bond acceptors (Lipinski definition) is 2. The van der Waals surface area contributed by atoms with Crippen LogP contribution in [0, 0.1) is 0 Å². The highest BCUT2D eigenvalue weighted by molar-refractivity contribution is 7.80. The standard InChI is InChI=1S/C18H30OS/c1-2-3-4-5-6-7-8-9-10-11-15-19-17-13-12-14-18(20)16-17/h12-14,16,20H,2-11,15H2,1H3. The summed E-state index contributed by atoms with van der Waals surface area (Å²) in [5, 5.41) is 0. The molecule has 0 fully saturated rings. The molecular formula is C18H30OS. The van der Waals surface area contributed by atoms with E-state index in [1.54, 1.807) is 0 Å². The van der Waals surface area contributed by atoms with Gasteiger partial charge in [-0.25, -0.2) is 0 Å². The molecular weight excluding hydrogens is 264 g/mol. The van der Waals surface area contributed by atoms with Gasteiger partial charge in [-0.1, -0.05) is 70.8 Å². The van der Waals surface area contributed by atoms with Crippen LogP contribution in [-0.4, -0.2) is 6.61 Å². The molecule has 1 aromatic carbocycles. The van der Waals surface area contributed by atoms with Crippen LogP contribution in [0.25, 0.3) is 0 Å². The summed E-state index contributed by atoms with van der Waals surface area (Å²) in [7, 11) is 0. The lowest BCUT2D eigenvalue weighted by molar-refractivity contribution is 0.303. The first-order valence-corrected chi connectivity index (χ1v) is 8.69. The van der Waals surface area contributed by atoms with Crippen molar-refractivity contribution in [3.8, 4) is 5.75 Å². The fourth-order valence-electron chi connectivity index (χ4n) is 2.35. The number of hydrogen-bond donors (Lipinski definition) is 1. The molecule has 0 aliphatic rings. The van der Waals surface area contributed by atoms with Crippen LogP contribution in [0.2, 0.25) is 0 Å². The molecule has 0 N–H and O–H groups in total. The first kappa shape index (κ1) is 17.4. The van der Waals surface area contributed by atoms with Crippen molar-refractivity contribution in [3.05, 3.63) is 24.3 Å². The minimum atomic E-state index is 0.827. The summed E-state index contributed by atoms with van der Waals surface area (Å²) in [6, 6.07) is 7.92. The topological polar surface area (TPSA) is 9.23 Å². The third-order valence-corrected chi connectivity index (χ3v) is 3.86. The van der Waals surface area contributed by atoms with Crippen molar-refractivity contribution in [3.63, 3.8) is 0 Å². The quantitative estimate of drug-likeness (QED) is 0.353. The second kappa shape index (κ2) is 12.1. The van der Waals surface area contributed by atoms with Crippen molar-refractivity contribution in [2.45, 2.75) is 76.0 Å². The monoisotopic (exact) mass is 294 g/mol. The van der Waals surface area contributed by atoms with Gasteiger partial charge in [0.25, 0.3) is 0 Å². The highest BCUT2D eigenvalue weighted by Crippen LogP contribution is 2.16. The number of unbranched alkanes of at least 4 members (excludes halogenated alkanes) is 9. The van der Waals surface area contributed by atoms with E-state index in [0.717, 1.165) is 23.7 Å². The molecule has 0 saturated heterocycles. The Hall–Kier alpha value is -0.630. The van der Waals surface area contributed by atoms with E-state index in [1.807, 2.05) is 24.3 Å². The Bertz CT molecular complexity index is 338. The third-order valence-electron chi connectivity index (χ3n) is 3.58. The van der Waals surface area contributed by atoms with Crippen LogP contribution >= 0.6 is 12.6 Å². The van der Waals surface area contributed by atoms with Crippen molar-refractivity contribution in [2.75, 3.05) is 6.61 Å². The van der Waals surface area contributed by atoms with Crippen molar-refractivity contribution >= 4 is 12.6 Å². The first-order chi connectivity index (χ1) is 9.83. The van der Waals surface area contributed by atoms with Gasteiger partial charge in [0, 0.05) is 4.90 Å². The lowest BCUT2D eigenvalue weighted by atomic mass is 10.1. The van der Waals surface area contributed by atoms with Crippen molar-refractivity contribution in [1.82, 2.24) is 0 Å². The average molecular weight is 295 g/mol. The van der Waals surface area contributed by atoms with Crippen LogP contribution in [-0.2, 0) is 0 Å². The molecule has 1 aromatic rings. The lowest BCUT2D eigenvalue weighted by Gasteiger charge is -2.06. The van der Waals surface area contributed by atoms with Gasteiger partial charge >= 0.3 is 0 Å². The Kier molecular flexibility index (Phi) is 10.6. The molecule has 0 heterocycles. The van der Waals surface area contributed by atoms with Crippen LogP contribution < -0.4 is 4.74 Å². The molecule has 0 radical (unpaired) electrons. The summed E-state index contributed by atoms with van der Waals surface area (Å²) >= 11 is 4.31. The fraction of sp³-hybridized carbons (Fsp3) is 0.667. The molecule has 0 spiro atoms. The fourth-order valence-corrected chi connectivity index (χ4v) is 2.57. The minimum absolute atomic E-state index is 0.827. The van der Waals surface area contributed by atoms with Crippen LogP contribution in [0.1, 0.15) is 71.1 Å². The number of rotatable bonds is 12. The summed E-state index contributed by atoms with van der Waals surface area (Å²) in [4.78, 5) is 0.963. The summed E-state index contributed by atoms with van der Waals surface area (Å²) in [6.45, 7) is 3.10. The smallest absolute Gasteiger partial charge is 0.120 e. The Morgan fingerprint density at radius 3 is 2.05 bits per heavy atom. The number of benzene rings is 1. The summed E-state index contributed by atoms with van der Waals surface area (Å²) in [6.07, 6.45) is 13.6. The van der Waals surface area contributed by atoms with Crippen molar-refractivity contribution in [2.24, 2.45) is 0 Å². The van der Waals surface area contributed by atoms with Crippen molar-refractivity contribution in [1.29, 1.82) is 0 Å². The molecule has 0 saturated carbocycles. The SMILES string of the molecule is CCCCCCCCCCCCOc1cccc(S)c1. The Balaban J connectivity index is 1.85. The van der Waals surface area contributed by atoms with E-state index in [2.05, 4.69) is 19.6 Å². The lowest BCUT2D eigenvalue weighted by Crippen LogP contribution is -1.97. The van der Waals surface area contributed by atoms with Gasteiger partial charge < -0.3 is 4.74 Å². The van der Waals surface area contributed by atoms with Crippen LogP contribution in [0.3, 0.4) is 0 Å². The maximum absolute atomic E-state index is 5.71. The molecule has 114 valence electrons. The van der Waals surface area contributed by atoms with Crippen molar-refractivity contribution < 1.29 is 4.74 Å². The van der Waals surface area contributed by atoms with Gasteiger partial charge in [-0.3, -0.25) is 0 Å². The zero-order chi connectivity index (χ0) is 14.5.